The van der Waals surface area contributed by atoms with Crippen LogP contribution in [0, 0.1) is 0 Å². The van der Waals surface area contributed by atoms with Crippen LogP contribution in [0.5, 0.6) is 0 Å². The van der Waals surface area contributed by atoms with Crippen LogP contribution >= 0.6 is 0 Å². The monoisotopic (exact) mass is 663 g/mol. The zero-order valence-corrected chi connectivity index (χ0v) is 28.4. The molecule has 1 heterocycles. The first kappa shape index (κ1) is 30.0. The molecule has 0 atom stereocenters. The average Bonchev–Trinajstić information content (AvgIpc) is 3.62. The molecule has 0 saturated heterocycles. The van der Waals surface area contributed by atoms with E-state index >= 15 is 0 Å². The molecule has 9 aromatic carbocycles. The van der Waals surface area contributed by atoms with Crippen LogP contribution in [0.3, 0.4) is 0 Å². The van der Waals surface area contributed by atoms with Gasteiger partial charge in [0, 0.05) is 38.4 Å². The summed E-state index contributed by atoms with van der Waals surface area (Å²) in [6, 6.07) is 71.6. The molecule has 0 amide bonds. The lowest BCUT2D eigenvalue weighted by molar-refractivity contribution is 0.674. The van der Waals surface area contributed by atoms with E-state index in [0.29, 0.717) is 0 Å². The largest absolute Gasteiger partial charge is 0.455 e. The van der Waals surface area contributed by atoms with Crippen LogP contribution in [-0.2, 0) is 0 Å². The first-order chi connectivity index (χ1) is 25.8. The maximum Gasteiger partial charge on any atom is 0.143 e. The van der Waals surface area contributed by atoms with E-state index < -0.39 is 0 Å². The number of benzene rings is 9. The predicted octanol–water partition coefficient (Wildman–Crippen LogP) is 14.4. The first-order valence-corrected chi connectivity index (χ1v) is 17.8. The molecule has 52 heavy (non-hydrogen) atoms. The van der Waals surface area contributed by atoms with Crippen molar-refractivity contribution in [3.05, 3.63) is 200 Å². The Morgan fingerprint density at radius 1 is 0.288 bits per heavy atom. The normalized spacial score (nSPS) is 11.5. The first-order valence-electron chi connectivity index (χ1n) is 17.8. The van der Waals surface area contributed by atoms with Crippen LogP contribution in [-0.4, -0.2) is 0 Å². The van der Waals surface area contributed by atoms with Gasteiger partial charge in [-0.1, -0.05) is 170 Å². The Balaban J connectivity index is 1.14. The standard InChI is InChI=1S/C50H33NO/c1-2-12-34(13-3-1)35-24-26-36(27-25-35)37-28-31-40(32-29-37)51(47-23-10-16-38-14-4-6-17-41(38)47)48-22-9-8-19-43(48)44-20-11-21-45-46-33-30-39-15-5-7-18-42(39)49(46)52-50(44)45/h1-33H. The fourth-order valence-electron chi connectivity index (χ4n) is 7.73. The Labute approximate surface area is 302 Å². The van der Waals surface area contributed by atoms with Crippen molar-refractivity contribution in [1.29, 1.82) is 0 Å². The highest BCUT2D eigenvalue weighted by molar-refractivity contribution is 6.17. The molecular formula is C50H33NO. The van der Waals surface area contributed by atoms with E-state index in [-0.39, 0.29) is 0 Å². The van der Waals surface area contributed by atoms with Gasteiger partial charge in [-0.2, -0.15) is 0 Å². The van der Waals surface area contributed by atoms with Crippen molar-refractivity contribution in [1.82, 2.24) is 0 Å². The van der Waals surface area contributed by atoms with Gasteiger partial charge in [-0.15, -0.1) is 0 Å². The highest BCUT2D eigenvalue weighted by Crippen LogP contribution is 2.46. The lowest BCUT2D eigenvalue weighted by Gasteiger charge is -2.29. The zero-order chi connectivity index (χ0) is 34.4. The number of nitrogens with zero attached hydrogens (tertiary/aromatic N) is 1. The van der Waals surface area contributed by atoms with E-state index in [2.05, 4.69) is 205 Å². The van der Waals surface area contributed by atoms with E-state index in [9.17, 15) is 0 Å². The summed E-state index contributed by atoms with van der Waals surface area (Å²) in [6.07, 6.45) is 0. The summed E-state index contributed by atoms with van der Waals surface area (Å²) < 4.78 is 6.85. The van der Waals surface area contributed by atoms with Gasteiger partial charge < -0.3 is 9.32 Å². The van der Waals surface area contributed by atoms with Gasteiger partial charge in [-0.3, -0.25) is 0 Å². The smallest absolute Gasteiger partial charge is 0.143 e. The lowest BCUT2D eigenvalue weighted by atomic mass is 9.97. The highest BCUT2D eigenvalue weighted by atomic mass is 16.3. The number of fused-ring (bicyclic) bond motifs is 6. The third-order valence-electron chi connectivity index (χ3n) is 10.3. The summed E-state index contributed by atoms with van der Waals surface area (Å²) in [7, 11) is 0. The Hall–Kier alpha value is -6.90. The number of furan rings is 1. The fourth-order valence-corrected chi connectivity index (χ4v) is 7.73. The molecule has 0 fully saturated rings. The molecule has 10 aromatic rings. The van der Waals surface area contributed by atoms with Gasteiger partial charge in [0.25, 0.3) is 0 Å². The van der Waals surface area contributed by atoms with Crippen LogP contribution in [0.2, 0.25) is 0 Å². The van der Waals surface area contributed by atoms with Crippen LogP contribution in [0.4, 0.5) is 17.1 Å². The molecule has 0 bridgehead atoms. The van der Waals surface area contributed by atoms with Crippen molar-refractivity contribution >= 4 is 60.5 Å². The third-order valence-corrected chi connectivity index (χ3v) is 10.3. The molecule has 0 aliphatic heterocycles. The molecule has 244 valence electrons. The number of rotatable bonds is 6. The molecule has 2 heteroatoms. The van der Waals surface area contributed by atoms with Crippen LogP contribution in [0.15, 0.2) is 205 Å². The van der Waals surface area contributed by atoms with Gasteiger partial charge in [-0.25, -0.2) is 0 Å². The molecule has 10 rings (SSSR count). The topological polar surface area (TPSA) is 16.4 Å². The Bertz CT molecular complexity index is 2880. The fraction of sp³-hybridized carbons (Fsp3) is 0. The summed E-state index contributed by atoms with van der Waals surface area (Å²) in [6.45, 7) is 0. The SMILES string of the molecule is c1ccc(-c2ccc(-c3ccc(N(c4ccccc4-c4cccc5c4oc4c6ccccc6ccc54)c4cccc5ccccc45)cc3)cc2)cc1. The summed E-state index contributed by atoms with van der Waals surface area (Å²) in [5, 5.41) is 6.94. The maximum atomic E-state index is 6.85. The van der Waals surface area contributed by atoms with Crippen LogP contribution in [0.25, 0.3) is 76.9 Å². The Morgan fingerprint density at radius 3 is 1.56 bits per heavy atom. The van der Waals surface area contributed by atoms with Crippen molar-refractivity contribution in [3.8, 4) is 33.4 Å². The Kier molecular flexibility index (Phi) is 7.18. The highest BCUT2D eigenvalue weighted by Gasteiger charge is 2.22. The molecule has 0 aliphatic carbocycles. The quantitative estimate of drug-likeness (QED) is 0.176. The molecule has 0 unspecified atom stereocenters. The van der Waals surface area contributed by atoms with E-state index in [1.807, 2.05) is 0 Å². The lowest BCUT2D eigenvalue weighted by Crippen LogP contribution is -2.11. The van der Waals surface area contributed by atoms with Crippen molar-refractivity contribution < 1.29 is 4.42 Å². The van der Waals surface area contributed by atoms with Gasteiger partial charge >= 0.3 is 0 Å². The molecule has 0 saturated carbocycles. The van der Waals surface area contributed by atoms with E-state index in [0.717, 1.165) is 55.5 Å². The predicted molar refractivity (Wildman–Crippen MR) is 220 cm³/mol. The Morgan fingerprint density at radius 2 is 0.788 bits per heavy atom. The molecule has 0 aliphatic rings. The third kappa shape index (κ3) is 5.04. The molecule has 0 spiro atoms. The van der Waals surface area contributed by atoms with Crippen molar-refractivity contribution in [2.75, 3.05) is 4.90 Å². The number of anilines is 3. The van der Waals surface area contributed by atoms with E-state index in [1.165, 1.54) is 38.4 Å². The van der Waals surface area contributed by atoms with Crippen molar-refractivity contribution in [2.45, 2.75) is 0 Å². The van der Waals surface area contributed by atoms with Gasteiger partial charge in [0.15, 0.2) is 0 Å². The minimum atomic E-state index is 0.897. The summed E-state index contributed by atoms with van der Waals surface area (Å²) >= 11 is 0. The second-order valence-corrected chi connectivity index (χ2v) is 13.3. The van der Waals surface area contributed by atoms with E-state index in [1.54, 1.807) is 0 Å². The number of para-hydroxylation sites is 2. The minimum Gasteiger partial charge on any atom is -0.455 e. The van der Waals surface area contributed by atoms with Crippen molar-refractivity contribution in [2.24, 2.45) is 0 Å². The van der Waals surface area contributed by atoms with Crippen LogP contribution in [0.1, 0.15) is 0 Å². The summed E-state index contributed by atoms with van der Waals surface area (Å²) in [5.41, 5.74) is 12.1. The number of hydrogen-bond donors (Lipinski definition) is 0. The molecular weight excluding hydrogens is 631 g/mol. The zero-order valence-electron chi connectivity index (χ0n) is 28.4. The summed E-state index contributed by atoms with van der Waals surface area (Å²) in [4.78, 5) is 2.40. The molecule has 0 N–H and O–H groups in total. The number of hydrogen-bond acceptors (Lipinski definition) is 2. The second kappa shape index (κ2) is 12.5. The summed E-state index contributed by atoms with van der Waals surface area (Å²) in [5.74, 6) is 0. The van der Waals surface area contributed by atoms with Gasteiger partial charge in [0.05, 0.1) is 11.4 Å². The van der Waals surface area contributed by atoms with E-state index in [4.69, 9.17) is 4.42 Å². The van der Waals surface area contributed by atoms with Crippen molar-refractivity contribution in [3.63, 3.8) is 0 Å². The average molecular weight is 664 g/mol. The van der Waals surface area contributed by atoms with Gasteiger partial charge in [0.2, 0.25) is 0 Å². The second-order valence-electron chi connectivity index (χ2n) is 13.3. The molecule has 1 aromatic heterocycles. The molecule has 0 radical (unpaired) electrons. The molecule has 2 nitrogen and oxygen atoms in total. The van der Waals surface area contributed by atoms with Gasteiger partial charge in [0.1, 0.15) is 11.2 Å². The van der Waals surface area contributed by atoms with Gasteiger partial charge in [-0.05, 0) is 63.4 Å². The van der Waals surface area contributed by atoms with Crippen LogP contribution < -0.4 is 4.90 Å². The maximum absolute atomic E-state index is 6.85. The minimum absolute atomic E-state index is 0.897.